The van der Waals surface area contributed by atoms with Crippen LogP contribution in [0.3, 0.4) is 0 Å². The minimum absolute atomic E-state index is 1.03. The molecule has 0 fully saturated rings. The lowest BCUT2D eigenvalue weighted by Gasteiger charge is -2.06. The smallest absolute Gasteiger partial charge is 0.0404 e. The van der Waals surface area contributed by atoms with Crippen LogP contribution in [0.15, 0.2) is 36.7 Å². The van der Waals surface area contributed by atoms with Gasteiger partial charge in [-0.25, -0.2) is 0 Å². The fraction of sp³-hybridized carbons (Fsp3) is 0.286. The second-order valence-corrected chi connectivity index (χ2v) is 4.00. The van der Waals surface area contributed by atoms with Crippen molar-refractivity contribution in [1.29, 1.82) is 0 Å². The molecule has 0 unspecified atom stereocenters. The van der Waals surface area contributed by atoms with Crippen LogP contribution in [0.5, 0.6) is 0 Å². The molecule has 0 saturated heterocycles. The predicted octanol–water partition coefficient (Wildman–Crippen LogP) is 2.88. The average molecular weight is 212 g/mol. The van der Waals surface area contributed by atoms with Gasteiger partial charge in [0.05, 0.1) is 0 Å². The highest BCUT2D eigenvalue weighted by atomic mass is 14.7. The summed E-state index contributed by atoms with van der Waals surface area (Å²) in [6.45, 7) is 4.12. The Kier molecular flexibility index (Phi) is 3.30. The minimum atomic E-state index is 1.03. The molecule has 0 spiro atoms. The Balaban J connectivity index is 2.09. The molecule has 2 heterocycles. The van der Waals surface area contributed by atoms with E-state index in [4.69, 9.17) is 0 Å². The second-order valence-electron chi connectivity index (χ2n) is 4.00. The molecule has 0 N–H and O–H groups in total. The third-order valence-corrected chi connectivity index (χ3v) is 2.90. The third-order valence-electron chi connectivity index (χ3n) is 2.90. The molecule has 0 saturated carbocycles. The first kappa shape index (κ1) is 10.8. The summed E-state index contributed by atoms with van der Waals surface area (Å²) in [5.41, 5.74) is 4.91. The van der Waals surface area contributed by atoms with E-state index in [1.54, 1.807) is 0 Å². The van der Waals surface area contributed by atoms with Crippen LogP contribution in [0.1, 0.15) is 22.5 Å². The molecule has 16 heavy (non-hydrogen) atoms. The largest absolute Gasteiger partial charge is 0.261 e. The molecule has 0 aromatic carbocycles. The predicted molar refractivity (Wildman–Crippen MR) is 65.4 cm³/mol. The number of hydrogen-bond acceptors (Lipinski definition) is 2. The first-order valence-electron chi connectivity index (χ1n) is 5.58. The highest BCUT2D eigenvalue weighted by molar-refractivity contribution is 5.23. The summed E-state index contributed by atoms with van der Waals surface area (Å²) < 4.78 is 0. The number of aromatic nitrogens is 2. The molecule has 2 aromatic heterocycles. The van der Waals surface area contributed by atoms with E-state index < -0.39 is 0 Å². The SMILES string of the molecule is Cc1ncccc1CCc1cccnc1C. The van der Waals surface area contributed by atoms with E-state index in [1.807, 2.05) is 24.5 Å². The Bertz CT molecular complexity index is 432. The summed E-state index contributed by atoms with van der Waals surface area (Å²) in [5.74, 6) is 0. The summed E-state index contributed by atoms with van der Waals surface area (Å²) in [6.07, 6.45) is 5.75. The Morgan fingerprint density at radius 1 is 0.812 bits per heavy atom. The summed E-state index contributed by atoms with van der Waals surface area (Å²) in [4.78, 5) is 8.60. The molecule has 0 aliphatic rings. The van der Waals surface area contributed by atoms with Crippen LogP contribution in [0.2, 0.25) is 0 Å². The van der Waals surface area contributed by atoms with Gasteiger partial charge >= 0.3 is 0 Å². The lowest BCUT2D eigenvalue weighted by atomic mass is 10.0. The summed E-state index contributed by atoms with van der Waals surface area (Å²) >= 11 is 0. The van der Waals surface area contributed by atoms with Gasteiger partial charge in [0.25, 0.3) is 0 Å². The van der Waals surface area contributed by atoms with Crippen LogP contribution in [-0.2, 0) is 12.8 Å². The quantitative estimate of drug-likeness (QED) is 0.781. The first-order valence-corrected chi connectivity index (χ1v) is 5.58. The molecule has 2 heteroatoms. The van der Waals surface area contributed by atoms with Gasteiger partial charge in [0.1, 0.15) is 0 Å². The first-order chi connectivity index (χ1) is 7.77. The lowest BCUT2D eigenvalue weighted by Crippen LogP contribution is -1.98. The fourth-order valence-electron chi connectivity index (χ4n) is 1.83. The number of hydrogen-bond donors (Lipinski definition) is 0. The molecule has 2 aromatic rings. The van der Waals surface area contributed by atoms with E-state index in [-0.39, 0.29) is 0 Å². The molecular formula is C14H16N2. The fourth-order valence-corrected chi connectivity index (χ4v) is 1.83. The molecule has 0 bridgehead atoms. The van der Waals surface area contributed by atoms with Crippen molar-refractivity contribution in [1.82, 2.24) is 9.97 Å². The lowest BCUT2D eigenvalue weighted by molar-refractivity contribution is 0.909. The monoisotopic (exact) mass is 212 g/mol. The van der Waals surface area contributed by atoms with Gasteiger partial charge < -0.3 is 0 Å². The number of pyridine rings is 2. The molecule has 0 radical (unpaired) electrons. The molecule has 2 rings (SSSR count). The zero-order valence-corrected chi connectivity index (χ0v) is 9.77. The highest BCUT2D eigenvalue weighted by Crippen LogP contribution is 2.11. The molecule has 0 amide bonds. The highest BCUT2D eigenvalue weighted by Gasteiger charge is 2.01. The van der Waals surface area contributed by atoms with Gasteiger partial charge in [-0.05, 0) is 49.9 Å². The number of nitrogens with zero attached hydrogens (tertiary/aromatic N) is 2. The van der Waals surface area contributed by atoms with Crippen molar-refractivity contribution in [2.24, 2.45) is 0 Å². The maximum absolute atomic E-state index is 4.30. The topological polar surface area (TPSA) is 25.8 Å². The number of aryl methyl sites for hydroxylation is 4. The second kappa shape index (κ2) is 4.88. The summed E-state index contributed by atoms with van der Waals surface area (Å²) in [5, 5.41) is 0. The van der Waals surface area contributed by atoms with Crippen LogP contribution in [0.4, 0.5) is 0 Å². The molecular weight excluding hydrogens is 196 g/mol. The van der Waals surface area contributed by atoms with Crippen molar-refractivity contribution in [3.8, 4) is 0 Å². The van der Waals surface area contributed by atoms with Gasteiger partial charge in [-0.1, -0.05) is 12.1 Å². The van der Waals surface area contributed by atoms with E-state index >= 15 is 0 Å². The normalized spacial score (nSPS) is 10.4. The average Bonchev–Trinajstić information content (AvgIpc) is 2.30. The van der Waals surface area contributed by atoms with E-state index in [2.05, 4.69) is 35.9 Å². The van der Waals surface area contributed by atoms with Crippen molar-refractivity contribution < 1.29 is 0 Å². The standard InChI is InChI=1S/C14H16N2/c1-11-13(5-3-9-15-11)7-8-14-6-4-10-16-12(14)2/h3-6,9-10H,7-8H2,1-2H3. The molecule has 2 nitrogen and oxygen atoms in total. The Morgan fingerprint density at radius 2 is 1.25 bits per heavy atom. The zero-order valence-electron chi connectivity index (χ0n) is 9.77. The molecule has 0 atom stereocenters. The Morgan fingerprint density at radius 3 is 1.62 bits per heavy atom. The summed E-state index contributed by atoms with van der Waals surface area (Å²) in [7, 11) is 0. The summed E-state index contributed by atoms with van der Waals surface area (Å²) in [6, 6.07) is 8.29. The Labute approximate surface area is 96.4 Å². The van der Waals surface area contributed by atoms with Crippen LogP contribution in [-0.4, -0.2) is 9.97 Å². The van der Waals surface area contributed by atoms with Crippen molar-refractivity contribution in [2.45, 2.75) is 26.7 Å². The van der Waals surface area contributed by atoms with E-state index in [9.17, 15) is 0 Å². The zero-order chi connectivity index (χ0) is 11.4. The van der Waals surface area contributed by atoms with Crippen molar-refractivity contribution in [2.75, 3.05) is 0 Å². The van der Waals surface area contributed by atoms with Gasteiger partial charge in [0.2, 0.25) is 0 Å². The van der Waals surface area contributed by atoms with Crippen LogP contribution in [0.25, 0.3) is 0 Å². The van der Waals surface area contributed by atoms with Gasteiger partial charge in [0, 0.05) is 23.8 Å². The van der Waals surface area contributed by atoms with Crippen molar-refractivity contribution in [3.05, 3.63) is 59.2 Å². The van der Waals surface area contributed by atoms with Gasteiger partial charge in [-0.2, -0.15) is 0 Å². The van der Waals surface area contributed by atoms with Crippen LogP contribution >= 0.6 is 0 Å². The van der Waals surface area contributed by atoms with Crippen LogP contribution in [0, 0.1) is 13.8 Å². The van der Waals surface area contributed by atoms with Gasteiger partial charge in [-0.3, -0.25) is 9.97 Å². The Hall–Kier alpha value is -1.70. The van der Waals surface area contributed by atoms with E-state index in [0.29, 0.717) is 0 Å². The van der Waals surface area contributed by atoms with Crippen LogP contribution < -0.4 is 0 Å². The van der Waals surface area contributed by atoms with Crippen molar-refractivity contribution in [3.63, 3.8) is 0 Å². The minimum Gasteiger partial charge on any atom is -0.261 e. The van der Waals surface area contributed by atoms with Gasteiger partial charge in [-0.15, -0.1) is 0 Å². The molecule has 0 aliphatic heterocycles. The number of rotatable bonds is 3. The van der Waals surface area contributed by atoms with E-state index in [1.165, 1.54) is 11.1 Å². The van der Waals surface area contributed by atoms with Crippen molar-refractivity contribution >= 4 is 0 Å². The third kappa shape index (κ3) is 2.45. The molecule has 0 aliphatic carbocycles. The maximum Gasteiger partial charge on any atom is 0.0404 e. The van der Waals surface area contributed by atoms with E-state index in [0.717, 1.165) is 24.2 Å². The maximum atomic E-state index is 4.30. The molecule has 82 valence electrons. The van der Waals surface area contributed by atoms with Gasteiger partial charge in [0.15, 0.2) is 0 Å².